The van der Waals surface area contributed by atoms with Crippen LogP contribution in [0.3, 0.4) is 0 Å². The normalized spacial score (nSPS) is 17.7. The van der Waals surface area contributed by atoms with Gasteiger partial charge in [0.25, 0.3) is 0 Å². The second-order valence-electron chi connectivity index (χ2n) is 6.48. The van der Waals surface area contributed by atoms with E-state index in [1.165, 1.54) is 13.2 Å². The van der Waals surface area contributed by atoms with Crippen LogP contribution in [0.1, 0.15) is 35.8 Å². The lowest BCUT2D eigenvalue weighted by molar-refractivity contribution is 0.231. The van der Waals surface area contributed by atoms with Crippen molar-refractivity contribution in [3.05, 3.63) is 47.2 Å². The second kappa shape index (κ2) is 6.87. The van der Waals surface area contributed by atoms with Gasteiger partial charge in [-0.2, -0.15) is 5.10 Å². The lowest BCUT2D eigenvalue weighted by Crippen LogP contribution is -2.23. The number of benzene rings is 1. The first-order chi connectivity index (χ1) is 12.7. The molecule has 1 saturated heterocycles. The van der Waals surface area contributed by atoms with Gasteiger partial charge in [0.2, 0.25) is 0 Å². The first kappa shape index (κ1) is 16.7. The highest BCUT2D eigenvalue weighted by atomic mass is 19.1. The van der Waals surface area contributed by atoms with Gasteiger partial charge in [-0.25, -0.2) is 9.02 Å². The zero-order chi connectivity index (χ0) is 18.1. The Kier molecular flexibility index (Phi) is 4.42. The second-order valence-corrected chi connectivity index (χ2v) is 6.48. The summed E-state index contributed by atoms with van der Waals surface area (Å²) < 4.78 is 23.9. The van der Waals surface area contributed by atoms with Gasteiger partial charge < -0.3 is 4.74 Å². The minimum atomic E-state index is -0.395. The molecular formula is C18H20FN5O2. The molecule has 4 rings (SSSR count). The zero-order valence-corrected chi connectivity index (χ0v) is 14.7. The third kappa shape index (κ3) is 2.96. The van der Waals surface area contributed by atoms with E-state index in [1.54, 1.807) is 12.3 Å². The van der Waals surface area contributed by atoms with Crippen LogP contribution in [0.15, 0.2) is 29.0 Å². The third-order valence-corrected chi connectivity index (χ3v) is 4.90. The number of aromatic nitrogens is 4. The zero-order valence-electron chi connectivity index (χ0n) is 14.7. The van der Waals surface area contributed by atoms with Gasteiger partial charge in [0.05, 0.1) is 25.0 Å². The largest absolute Gasteiger partial charge is 0.494 e. The first-order valence-corrected chi connectivity index (χ1v) is 8.56. The summed E-state index contributed by atoms with van der Waals surface area (Å²) in [6, 6.07) is 5.09. The highest BCUT2D eigenvalue weighted by Gasteiger charge is 2.31. The fraction of sp³-hybridized carbons (Fsp3) is 0.389. The highest BCUT2D eigenvalue weighted by molar-refractivity contribution is 5.63. The maximum atomic E-state index is 14.1. The molecule has 1 atom stereocenters. The fourth-order valence-electron chi connectivity index (χ4n) is 3.59. The summed E-state index contributed by atoms with van der Waals surface area (Å²) in [6.45, 7) is 3.56. The van der Waals surface area contributed by atoms with Crippen molar-refractivity contribution < 1.29 is 13.8 Å². The van der Waals surface area contributed by atoms with Crippen LogP contribution >= 0.6 is 0 Å². The number of ether oxygens (including phenoxy) is 1. The Morgan fingerprint density at radius 1 is 1.38 bits per heavy atom. The molecule has 3 heterocycles. The van der Waals surface area contributed by atoms with Crippen molar-refractivity contribution >= 4 is 0 Å². The molecule has 1 fully saturated rings. The Morgan fingerprint density at radius 2 is 2.27 bits per heavy atom. The van der Waals surface area contributed by atoms with E-state index in [9.17, 15) is 4.39 Å². The number of nitrogens with zero attached hydrogens (tertiary/aromatic N) is 4. The first-order valence-electron chi connectivity index (χ1n) is 8.56. The topological polar surface area (TPSA) is 80.1 Å². The van der Waals surface area contributed by atoms with Crippen LogP contribution in [0.4, 0.5) is 4.39 Å². The molecule has 1 aliphatic heterocycles. The monoisotopic (exact) mass is 357 g/mol. The minimum absolute atomic E-state index is 0.177. The number of halogens is 1. The van der Waals surface area contributed by atoms with Crippen LogP contribution in [-0.4, -0.2) is 39.1 Å². The maximum absolute atomic E-state index is 14.1. The number of H-pyrrole nitrogens is 1. The van der Waals surface area contributed by atoms with E-state index in [4.69, 9.17) is 9.37 Å². The fourth-order valence-corrected chi connectivity index (χ4v) is 3.59. The van der Waals surface area contributed by atoms with Crippen molar-refractivity contribution in [1.29, 1.82) is 0 Å². The van der Waals surface area contributed by atoms with Crippen LogP contribution < -0.4 is 4.74 Å². The number of hydrogen-bond donors (Lipinski definition) is 1. The molecule has 1 unspecified atom stereocenters. The lowest BCUT2D eigenvalue weighted by atomic mass is 10.1. The predicted octanol–water partition coefficient (Wildman–Crippen LogP) is 3.25. The van der Waals surface area contributed by atoms with Gasteiger partial charge in [0.1, 0.15) is 11.4 Å². The molecule has 1 aromatic carbocycles. The summed E-state index contributed by atoms with van der Waals surface area (Å²) in [5.41, 5.74) is 4.28. The van der Waals surface area contributed by atoms with Crippen molar-refractivity contribution in [2.45, 2.75) is 32.4 Å². The number of rotatable bonds is 5. The summed E-state index contributed by atoms with van der Waals surface area (Å²) in [6.07, 6.45) is 3.89. The molecular weight excluding hydrogens is 337 g/mol. The molecule has 2 aromatic heterocycles. The summed E-state index contributed by atoms with van der Waals surface area (Å²) >= 11 is 0. The Balaban J connectivity index is 1.59. The van der Waals surface area contributed by atoms with Gasteiger partial charge in [-0.3, -0.25) is 10.00 Å². The molecule has 0 amide bonds. The molecule has 136 valence electrons. The molecule has 3 aromatic rings. The number of likely N-dealkylation sites (tertiary alicyclic amines) is 1. The van der Waals surface area contributed by atoms with Crippen molar-refractivity contribution in [3.63, 3.8) is 0 Å². The Hall–Kier alpha value is -2.74. The number of aryl methyl sites for hydroxylation is 1. The van der Waals surface area contributed by atoms with E-state index < -0.39 is 5.82 Å². The SMILES string of the molecule is COc1ccc(-c2[nH]ncc2CN2CCCC2c2nonc2C)cc1F. The van der Waals surface area contributed by atoms with Crippen molar-refractivity contribution in [3.8, 4) is 17.0 Å². The summed E-state index contributed by atoms with van der Waals surface area (Å²) in [4.78, 5) is 2.33. The van der Waals surface area contributed by atoms with Crippen LogP contribution in [0.25, 0.3) is 11.3 Å². The maximum Gasteiger partial charge on any atom is 0.165 e. The molecule has 8 heteroatoms. The van der Waals surface area contributed by atoms with Gasteiger partial charge >= 0.3 is 0 Å². The van der Waals surface area contributed by atoms with Crippen molar-refractivity contribution in [2.24, 2.45) is 0 Å². The molecule has 7 nitrogen and oxygen atoms in total. The predicted molar refractivity (Wildman–Crippen MR) is 92.0 cm³/mol. The lowest BCUT2D eigenvalue weighted by Gasteiger charge is -2.22. The van der Waals surface area contributed by atoms with Gasteiger partial charge in [-0.05, 0) is 44.5 Å². The molecule has 0 aliphatic carbocycles. The smallest absolute Gasteiger partial charge is 0.165 e. The molecule has 0 bridgehead atoms. The molecule has 1 N–H and O–H groups in total. The molecule has 0 spiro atoms. The van der Waals surface area contributed by atoms with Gasteiger partial charge in [0, 0.05) is 17.7 Å². The number of aromatic amines is 1. The highest BCUT2D eigenvalue weighted by Crippen LogP contribution is 2.35. The van der Waals surface area contributed by atoms with Gasteiger partial charge in [-0.15, -0.1) is 0 Å². The van der Waals surface area contributed by atoms with Crippen molar-refractivity contribution in [2.75, 3.05) is 13.7 Å². The minimum Gasteiger partial charge on any atom is -0.494 e. The number of nitrogens with one attached hydrogen (secondary N) is 1. The van der Waals surface area contributed by atoms with E-state index in [0.717, 1.165) is 47.6 Å². The third-order valence-electron chi connectivity index (χ3n) is 4.90. The molecule has 1 aliphatic rings. The molecule has 26 heavy (non-hydrogen) atoms. The van der Waals surface area contributed by atoms with E-state index >= 15 is 0 Å². The van der Waals surface area contributed by atoms with Crippen LogP contribution in [0, 0.1) is 12.7 Å². The van der Waals surface area contributed by atoms with E-state index in [2.05, 4.69) is 25.4 Å². The van der Waals surface area contributed by atoms with Crippen LogP contribution in [0.5, 0.6) is 5.75 Å². The summed E-state index contributed by atoms with van der Waals surface area (Å²) in [5.74, 6) is -0.169. The number of methoxy groups -OCH3 is 1. The summed E-state index contributed by atoms with van der Waals surface area (Å²) in [7, 11) is 1.45. The molecule has 0 radical (unpaired) electrons. The number of hydrogen-bond acceptors (Lipinski definition) is 6. The molecule has 0 saturated carbocycles. The average Bonchev–Trinajstić information content (AvgIpc) is 3.36. The van der Waals surface area contributed by atoms with E-state index in [1.807, 2.05) is 13.0 Å². The Bertz CT molecular complexity index is 907. The summed E-state index contributed by atoms with van der Waals surface area (Å²) in [5, 5.41) is 15.1. The average molecular weight is 357 g/mol. The van der Waals surface area contributed by atoms with E-state index in [0.29, 0.717) is 6.54 Å². The Labute approximate surface area is 150 Å². The standard InChI is InChI=1S/C18H20FN5O2/c1-11-17(23-26-22-11)15-4-3-7-24(15)10-13-9-20-21-18(13)12-5-6-16(25-2)14(19)8-12/h5-6,8-9,15H,3-4,7,10H2,1-2H3,(H,20,21). The van der Waals surface area contributed by atoms with Gasteiger partial charge in [0.15, 0.2) is 11.6 Å². The van der Waals surface area contributed by atoms with Gasteiger partial charge in [-0.1, -0.05) is 10.3 Å². The van der Waals surface area contributed by atoms with E-state index in [-0.39, 0.29) is 11.8 Å². The van der Waals surface area contributed by atoms with Crippen LogP contribution in [0.2, 0.25) is 0 Å². The van der Waals surface area contributed by atoms with Crippen molar-refractivity contribution in [1.82, 2.24) is 25.4 Å². The quantitative estimate of drug-likeness (QED) is 0.755. The van der Waals surface area contributed by atoms with Crippen LogP contribution in [-0.2, 0) is 6.54 Å². The Morgan fingerprint density at radius 3 is 3.00 bits per heavy atom.